The summed E-state index contributed by atoms with van der Waals surface area (Å²) in [4.78, 5) is 16.3. The molecular weight excluding hydrogens is 278 g/mol. The van der Waals surface area contributed by atoms with E-state index >= 15 is 0 Å². The third-order valence-electron chi connectivity index (χ3n) is 4.34. The molecule has 0 atom stereocenters. The lowest BCUT2D eigenvalue weighted by Gasteiger charge is -2.31. The highest BCUT2D eigenvalue weighted by molar-refractivity contribution is 5.74. The highest BCUT2D eigenvalue weighted by Gasteiger charge is 2.23. The van der Waals surface area contributed by atoms with Crippen molar-refractivity contribution in [1.29, 1.82) is 0 Å². The molecule has 0 spiro atoms. The molecule has 1 saturated carbocycles. The summed E-state index contributed by atoms with van der Waals surface area (Å²) in [5.74, 6) is 0.706. The van der Waals surface area contributed by atoms with Crippen molar-refractivity contribution in [3.05, 3.63) is 29.8 Å². The predicted octanol–water partition coefficient (Wildman–Crippen LogP) is 2.07. The first-order chi connectivity index (χ1) is 10.7. The number of para-hydroxylation sites is 1. The number of urea groups is 1. The zero-order valence-corrected chi connectivity index (χ0v) is 13.3. The van der Waals surface area contributed by atoms with Gasteiger partial charge in [-0.15, -0.1) is 0 Å². The number of rotatable bonds is 5. The van der Waals surface area contributed by atoms with Gasteiger partial charge in [-0.25, -0.2) is 4.79 Å². The molecule has 0 aromatic heterocycles. The standard InChI is InChI=1S/C17H25N3O2/c1-19(17(21)18-12-14-6-7-14)13-15-4-2-3-5-16(15)20-8-10-22-11-9-20/h2-5,14H,6-13H2,1H3,(H,18,21). The van der Waals surface area contributed by atoms with Gasteiger partial charge in [0.05, 0.1) is 13.2 Å². The molecule has 1 aliphatic heterocycles. The van der Waals surface area contributed by atoms with E-state index in [9.17, 15) is 4.79 Å². The molecule has 2 amide bonds. The van der Waals surface area contributed by atoms with Gasteiger partial charge in [0, 0.05) is 38.9 Å². The summed E-state index contributed by atoms with van der Waals surface area (Å²) in [6.45, 7) is 4.81. The van der Waals surface area contributed by atoms with Crippen LogP contribution in [0.1, 0.15) is 18.4 Å². The van der Waals surface area contributed by atoms with Gasteiger partial charge in [-0.05, 0) is 30.4 Å². The average Bonchev–Trinajstić information content (AvgIpc) is 3.38. The van der Waals surface area contributed by atoms with Crippen LogP contribution in [0.5, 0.6) is 0 Å². The SMILES string of the molecule is CN(Cc1ccccc1N1CCOCC1)C(=O)NCC1CC1. The van der Waals surface area contributed by atoms with Gasteiger partial charge in [0.1, 0.15) is 0 Å². The van der Waals surface area contributed by atoms with Gasteiger partial charge >= 0.3 is 6.03 Å². The highest BCUT2D eigenvalue weighted by atomic mass is 16.5. The fourth-order valence-electron chi connectivity index (χ4n) is 2.77. The number of amides is 2. The number of nitrogens with zero attached hydrogens (tertiary/aromatic N) is 2. The molecule has 5 nitrogen and oxygen atoms in total. The van der Waals surface area contributed by atoms with Crippen LogP contribution in [-0.2, 0) is 11.3 Å². The molecule has 5 heteroatoms. The summed E-state index contributed by atoms with van der Waals surface area (Å²) in [6.07, 6.45) is 2.51. The van der Waals surface area contributed by atoms with Crippen molar-refractivity contribution in [2.45, 2.75) is 19.4 Å². The maximum atomic E-state index is 12.1. The maximum absolute atomic E-state index is 12.1. The largest absolute Gasteiger partial charge is 0.378 e. The zero-order chi connectivity index (χ0) is 15.4. The van der Waals surface area contributed by atoms with E-state index in [4.69, 9.17) is 4.74 Å². The van der Waals surface area contributed by atoms with Crippen LogP contribution in [0.15, 0.2) is 24.3 Å². The first kappa shape index (κ1) is 15.2. The van der Waals surface area contributed by atoms with Gasteiger partial charge in [-0.2, -0.15) is 0 Å². The minimum absolute atomic E-state index is 0.0173. The van der Waals surface area contributed by atoms with Crippen molar-refractivity contribution in [1.82, 2.24) is 10.2 Å². The molecule has 0 radical (unpaired) electrons. The fraction of sp³-hybridized carbons (Fsp3) is 0.588. The second-order valence-electron chi connectivity index (χ2n) is 6.21. The molecule has 1 aliphatic carbocycles. The molecule has 0 unspecified atom stereocenters. The first-order valence-corrected chi connectivity index (χ1v) is 8.13. The number of ether oxygens (including phenoxy) is 1. The van der Waals surface area contributed by atoms with Crippen LogP contribution in [0.25, 0.3) is 0 Å². The predicted molar refractivity (Wildman–Crippen MR) is 87.1 cm³/mol. The average molecular weight is 303 g/mol. The second kappa shape index (κ2) is 7.01. The minimum Gasteiger partial charge on any atom is -0.378 e. The molecule has 1 saturated heterocycles. The molecule has 2 aliphatic rings. The third kappa shape index (κ3) is 3.91. The van der Waals surface area contributed by atoms with Gasteiger partial charge in [0.25, 0.3) is 0 Å². The van der Waals surface area contributed by atoms with Gasteiger partial charge in [-0.1, -0.05) is 18.2 Å². The fourth-order valence-corrected chi connectivity index (χ4v) is 2.77. The normalized spacial score (nSPS) is 18.1. The van der Waals surface area contributed by atoms with Crippen LogP contribution in [-0.4, -0.2) is 50.8 Å². The Labute approximate surface area is 132 Å². The number of benzene rings is 1. The number of carbonyl (C=O) groups excluding carboxylic acids is 1. The number of morpholine rings is 1. The maximum Gasteiger partial charge on any atom is 0.317 e. The summed E-state index contributed by atoms with van der Waals surface area (Å²) in [6, 6.07) is 8.35. The summed E-state index contributed by atoms with van der Waals surface area (Å²) in [5.41, 5.74) is 2.40. The van der Waals surface area contributed by atoms with Crippen molar-refractivity contribution in [2.24, 2.45) is 5.92 Å². The highest BCUT2D eigenvalue weighted by Crippen LogP contribution is 2.27. The third-order valence-corrected chi connectivity index (χ3v) is 4.34. The van der Waals surface area contributed by atoms with Gasteiger partial charge in [0.2, 0.25) is 0 Å². The van der Waals surface area contributed by atoms with Crippen molar-refractivity contribution >= 4 is 11.7 Å². The number of hydrogen-bond donors (Lipinski definition) is 1. The minimum atomic E-state index is 0.0173. The van der Waals surface area contributed by atoms with Crippen molar-refractivity contribution in [3.63, 3.8) is 0 Å². The van der Waals surface area contributed by atoms with Crippen LogP contribution in [0.4, 0.5) is 10.5 Å². The Hall–Kier alpha value is -1.75. The molecular formula is C17H25N3O2. The van der Waals surface area contributed by atoms with Crippen LogP contribution in [0, 0.1) is 5.92 Å². The van der Waals surface area contributed by atoms with Crippen LogP contribution >= 0.6 is 0 Å². The molecule has 3 rings (SSSR count). The van der Waals surface area contributed by atoms with Crippen LogP contribution < -0.4 is 10.2 Å². The van der Waals surface area contributed by atoms with Gasteiger partial charge in [-0.3, -0.25) is 0 Å². The monoisotopic (exact) mass is 303 g/mol. The van der Waals surface area contributed by atoms with E-state index in [-0.39, 0.29) is 6.03 Å². The molecule has 22 heavy (non-hydrogen) atoms. The summed E-state index contributed by atoms with van der Waals surface area (Å²) < 4.78 is 5.42. The number of nitrogens with one attached hydrogen (secondary N) is 1. The summed E-state index contributed by atoms with van der Waals surface area (Å²) >= 11 is 0. The van der Waals surface area contributed by atoms with Crippen LogP contribution in [0.3, 0.4) is 0 Å². The molecule has 1 aromatic carbocycles. The zero-order valence-electron chi connectivity index (χ0n) is 13.3. The number of carbonyl (C=O) groups is 1. The van der Waals surface area contributed by atoms with E-state index in [1.165, 1.54) is 24.1 Å². The van der Waals surface area contributed by atoms with E-state index in [0.717, 1.165) is 32.8 Å². The van der Waals surface area contributed by atoms with E-state index in [1.54, 1.807) is 4.90 Å². The smallest absolute Gasteiger partial charge is 0.317 e. The molecule has 1 N–H and O–H groups in total. The Bertz CT molecular complexity index is 510. The lowest BCUT2D eigenvalue weighted by Crippen LogP contribution is -2.39. The molecule has 2 fully saturated rings. The lowest BCUT2D eigenvalue weighted by atomic mass is 10.1. The molecule has 120 valence electrons. The Morgan fingerprint density at radius 1 is 1.32 bits per heavy atom. The number of hydrogen-bond acceptors (Lipinski definition) is 3. The van der Waals surface area contributed by atoms with Crippen molar-refractivity contribution in [2.75, 3.05) is 44.8 Å². The summed E-state index contributed by atoms with van der Waals surface area (Å²) in [7, 11) is 1.86. The van der Waals surface area contributed by atoms with Gasteiger partial charge < -0.3 is 19.9 Å². The molecule has 1 aromatic rings. The van der Waals surface area contributed by atoms with Crippen LogP contribution in [0.2, 0.25) is 0 Å². The number of anilines is 1. The Kier molecular flexibility index (Phi) is 4.83. The second-order valence-corrected chi connectivity index (χ2v) is 6.21. The summed E-state index contributed by atoms with van der Waals surface area (Å²) in [5, 5.41) is 3.02. The van der Waals surface area contributed by atoms with Crippen molar-refractivity contribution in [3.8, 4) is 0 Å². The van der Waals surface area contributed by atoms with E-state index in [1.807, 2.05) is 13.1 Å². The lowest BCUT2D eigenvalue weighted by molar-refractivity contribution is 0.122. The first-order valence-electron chi connectivity index (χ1n) is 8.13. The molecule has 0 bridgehead atoms. The van der Waals surface area contributed by atoms with Gasteiger partial charge in [0.15, 0.2) is 0 Å². The molecule has 1 heterocycles. The Balaban J connectivity index is 1.61. The topological polar surface area (TPSA) is 44.8 Å². The van der Waals surface area contributed by atoms with E-state index in [2.05, 4.69) is 28.4 Å². The van der Waals surface area contributed by atoms with E-state index in [0.29, 0.717) is 12.5 Å². The quantitative estimate of drug-likeness (QED) is 0.906. The van der Waals surface area contributed by atoms with E-state index < -0.39 is 0 Å². The Morgan fingerprint density at radius 3 is 2.77 bits per heavy atom. The van der Waals surface area contributed by atoms with Crippen molar-refractivity contribution < 1.29 is 9.53 Å². The Morgan fingerprint density at radius 2 is 2.05 bits per heavy atom.